The second kappa shape index (κ2) is 5.85. The largest absolute Gasteiger partial charge is 0.489 e. The molecule has 2 rings (SSSR count). The number of benzene rings is 1. The normalized spacial score (nSPS) is 11.7. The summed E-state index contributed by atoms with van der Waals surface area (Å²) in [5, 5.41) is 1.79. The fourth-order valence-corrected chi connectivity index (χ4v) is 2.45. The molecule has 2 aromatic rings. The highest BCUT2D eigenvalue weighted by molar-refractivity contribution is 6.37. The third-order valence-electron chi connectivity index (χ3n) is 3.02. The average molecular weight is 281 g/mol. The number of hydrogen-bond acceptors (Lipinski definition) is 2. The van der Waals surface area contributed by atoms with Crippen molar-refractivity contribution >= 4 is 22.5 Å². The predicted molar refractivity (Wildman–Crippen MR) is 81.3 cm³/mol. The van der Waals surface area contributed by atoms with Crippen LogP contribution in [0.25, 0.3) is 10.9 Å². The molecule has 0 aliphatic carbocycles. The van der Waals surface area contributed by atoms with Gasteiger partial charge in [-0.2, -0.15) is 0 Å². The van der Waals surface area contributed by atoms with E-state index in [1.54, 1.807) is 0 Å². The molecule has 0 saturated carbocycles. The summed E-state index contributed by atoms with van der Waals surface area (Å²) in [5.74, 6) is 0.759. The summed E-state index contributed by atoms with van der Waals surface area (Å²) >= 11 is 6.49. The van der Waals surface area contributed by atoms with Gasteiger partial charge in [0.15, 0.2) is 0 Å². The van der Waals surface area contributed by atoms with E-state index in [-0.39, 0.29) is 6.10 Å². The Hall–Kier alpha value is -1.19. The molecular weight excluding hydrogens is 260 g/mol. The molecule has 0 bridgehead atoms. The first-order chi connectivity index (χ1) is 8.99. The summed E-state index contributed by atoms with van der Waals surface area (Å²) < 4.78 is 5.75. The monoisotopic (exact) mass is 280 g/mol. The molecule has 0 atom stereocenters. The van der Waals surface area contributed by atoms with Crippen molar-refractivity contribution in [3.8, 4) is 5.75 Å². The molecule has 0 radical (unpaired) electrons. The quantitative estimate of drug-likeness (QED) is 0.904. The van der Waals surface area contributed by atoms with Crippen LogP contribution in [-0.2, 0) is 6.42 Å². The zero-order valence-electron chi connectivity index (χ0n) is 12.0. The molecule has 0 spiro atoms. The molecule has 1 N–H and O–H groups in total. The molecular formula is C15H21ClN2O. The maximum Gasteiger partial charge on any atom is 0.139 e. The minimum Gasteiger partial charge on any atom is -0.489 e. The fourth-order valence-electron chi connectivity index (χ4n) is 2.11. The molecule has 104 valence electrons. The Morgan fingerprint density at radius 1 is 1.32 bits per heavy atom. The van der Waals surface area contributed by atoms with Gasteiger partial charge in [-0.1, -0.05) is 11.6 Å². The Kier molecular flexibility index (Phi) is 4.38. The molecule has 0 saturated heterocycles. The second-order valence-electron chi connectivity index (χ2n) is 5.33. The summed E-state index contributed by atoms with van der Waals surface area (Å²) in [6.45, 7) is 5.01. The Bertz CT molecular complexity index is 561. The van der Waals surface area contributed by atoms with E-state index in [0.29, 0.717) is 5.02 Å². The third kappa shape index (κ3) is 3.23. The number of nitrogens with zero attached hydrogens (tertiary/aromatic N) is 1. The first kappa shape index (κ1) is 14.2. The van der Waals surface area contributed by atoms with E-state index in [9.17, 15) is 0 Å². The van der Waals surface area contributed by atoms with Crippen LogP contribution in [0.3, 0.4) is 0 Å². The summed E-state index contributed by atoms with van der Waals surface area (Å²) in [6, 6.07) is 3.95. The molecule has 0 amide bonds. The number of likely N-dealkylation sites (N-methyl/N-ethyl adjacent to an activating group) is 1. The van der Waals surface area contributed by atoms with Gasteiger partial charge in [-0.05, 0) is 52.1 Å². The number of aromatic nitrogens is 1. The van der Waals surface area contributed by atoms with Crippen LogP contribution in [0.5, 0.6) is 5.75 Å². The van der Waals surface area contributed by atoms with Crippen LogP contribution < -0.4 is 4.74 Å². The lowest BCUT2D eigenvalue weighted by Gasteiger charge is -2.13. The van der Waals surface area contributed by atoms with Crippen molar-refractivity contribution in [2.75, 3.05) is 20.6 Å². The third-order valence-corrected chi connectivity index (χ3v) is 3.40. The van der Waals surface area contributed by atoms with Gasteiger partial charge in [0.05, 0.1) is 11.1 Å². The van der Waals surface area contributed by atoms with Gasteiger partial charge in [0.2, 0.25) is 0 Å². The number of aromatic amines is 1. The molecule has 0 aliphatic heterocycles. The van der Waals surface area contributed by atoms with Gasteiger partial charge in [-0.3, -0.25) is 0 Å². The topological polar surface area (TPSA) is 28.3 Å². The van der Waals surface area contributed by atoms with Gasteiger partial charge in [-0.25, -0.2) is 0 Å². The van der Waals surface area contributed by atoms with Crippen LogP contribution in [-0.4, -0.2) is 36.6 Å². The highest BCUT2D eigenvalue weighted by Crippen LogP contribution is 2.35. The number of rotatable bonds is 5. The molecule has 0 aliphatic rings. The van der Waals surface area contributed by atoms with E-state index in [1.807, 2.05) is 32.2 Å². The molecule has 1 aromatic carbocycles. The van der Waals surface area contributed by atoms with Crippen molar-refractivity contribution in [1.82, 2.24) is 9.88 Å². The van der Waals surface area contributed by atoms with E-state index in [1.165, 1.54) is 5.56 Å². The molecule has 19 heavy (non-hydrogen) atoms. The van der Waals surface area contributed by atoms with Crippen LogP contribution in [0.2, 0.25) is 5.02 Å². The predicted octanol–water partition coefficient (Wildman–Crippen LogP) is 3.71. The molecule has 4 heteroatoms. The smallest absolute Gasteiger partial charge is 0.139 e. The van der Waals surface area contributed by atoms with Crippen LogP contribution in [0.15, 0.2) is 18.3 Å². The summed E-state index contributed by atoms with van der Waals surface area (Å²) in [7, 11) is 4.15. The molecule has 3 nitrogen and oxygen atoms in total. The van der Waals surface area contributed by atoms with Crippen molar-refractivity contribution in [2.45, 2.75) is 26.4 Å². The summed E-state index contributed by atoms with van der Waals surface area (Å²) in [5.41, 5.74) is 2.30. The van der Waals surface area contributed by atoms with E-state index in [2.05, 4.69) is 24.0 Å². The molecule has 1 aromatic heterocycles. The van der Waals surface area contributed by atoms with Gasteiger partial charge in [0, 0.05) is 23.6 Å². The molecule has 0 fully saturated rings. The minimum absolute atomic E-state index is 0.124. The van der Waals surface area contributed by atoms with Crippen molar-refractivity contribution < 1.29 is 4.74 Å². The van der Waals surface area contributed by atoms with Crippen molar-refractivity contribution in [2.24, 2.45) is 0 Å². The van der Waals surface area contributed by atoms with Crippen LogP contribution in [0.4, 0.5) is 0 Å². The lowest BCUT2D eigenvalue weighted by molar-refractivity contribution is 0.243. The zero-order chi connectivity index (χ0) is 14.0. The molecule has 1 heterocycles. The van der Waals surface area contributed by atoms with Gasteiger partial charge in [0.25, 0.3) is 0 Å². The summed E-state index contributed by atoms with van der Waals surface area (Å²) in [6.07, 6.45) is 3.14. The maximum atomic E-state index is 6.49. The zero-order valence-corrected chi connectivity index (χ0v) is 12.7. The Balaban J connectivity index is 2.38. The highest BCUT2D eigenvalue weighted by atomic mass is 35.5. The highest BCUT2D eigenvalue weighted by Gasteiger charge is 2.13. The van der Waals surface area contributed by atoms with E-state index in [4.69, 9.17) is 16.3 Å². The number of ether oxygens (including phenoxy) is 1. The summed E-state index contributed by atoms with van der Waals surface area (Å²) in [4.78, 5) is 5.44. The van der Waals surface area contributed by atoms with Crippen LogP contribution in [0.1, 0.15) is 19.4 Å². The number of H-pyrrole nitrogens is 1. The average Bonchev–Trinajstić information content (AvgIpc) is 2.73. The van der Waals surface area contributed by atoms with E-state index < -0.39 is 0 Å². The van der Waals surface area contributed by atoms with Gasteiger partial charge >= 0.3 is 0 Å². The van der Waals surface area contributed by atoms with E-state index in [0.717, 1.165) is 29.6 Å². The van der Waals surface area contributed by atoms with Crippen molar-refractivity contribution in [3.05, 3.63) is 28.9 Å². The number of fused-ring (bicyclic) bond motifs is 1. The van der Waals surface area contributed by atoms with Gasteiger partial charge in [0.1, 0.15) is 5.75 Å². The second-order valence-corrected chi connectivity index (χ2v) is 5.71. The van der Waals surface area contributed by atoms with Crippen molar-refractivity contribution in [3.63, 3.8) is 0 Å². The lowest BCUT2D eigenvalue weighted by atomic mass is 10.1. The van der Waals surface area contributed by atoms with Crippen molar-refractivity contribution in [1.29, 1.82) is 0 Å². The van der Waals surface area contributed by atoms with Gasteiger partial charge < -0.3 is 14.6 Å². The number of halogens is 1. The maximum absolute atomic E-state index is 6.49. The first-order valence-electron chi connectivity index (χ1n) is 6.59. The Morgan fingerprint density at radius 2 is 2.05 bits per heavy atom. The first-order valence-corrected chi connectivity index (χ1v) is 6.96. The fraction of sp³-hybridized carbons (Fsp3) is 0.467. The van der Waals surface area contributed by atoms with E-state index >= 15 is 0 Å². The lowest BCUT2D eigenvalue weighted by Crippen LogP contribution is -2.14. The standard InChI is InChI=1S/C15H21ClN2O/c1-10(2)19-13-6-5-12-14(15(13)16)11(9-17-12)7-8-18(3)4/h5-6,9-10,17H,7-8H2,1-4H3. The Labute approximate surface area is 119 Å². The van der Waals surface area contributed by atoms with Gasteiger partial charge in [-0.15, -0.1) is 0 Å². The Morgan fingerprint density at radius 3 is 2.68 bits per heavy atom. The SMILES string of the molecule is CC(C)Oc1ccc2[nH]cc(CCN(C)C)c2c1Cl. The number of nitrogens with one attached hydrogen (secondary N) is 1. The van der Waals surface area contributed by atoms with Crippen LogP contribution in [0, 0.1) is 0 Å². The number of hydrogen-bond donors (Lipinski definition) is 1. The minimum atomic E-state index is 0.124. The van der Waals surface area contributed by atoms with Crippen LogP contribution >= 0.6 is 11.6 Å². The molecule has 0 unspecified atom stereocenters.